The first kappa shape index (κ1) is 38.3. The molecule has 3 amide bonds. The maximum absolute atomic E-state index is 14.5. The van der Waals surface area contributed by atoms with Crippen LogP contribution in [-0.2, 0) is 23.0 Å². The zero-order chi connectivity index (χ0) is 39.6. The molecule has 0 saturated carbocycles. The summed E-state index contributed by atoms with van der Waals surface area (Å²) in [6.45, 7) is 4.88. The van der Waals surface area contributed by atoms with Crippen LogP contribution in [0, 0.1) is 6.92 Å². The maximum Gasteiger partial charge on any atom is 0.280 e. The number of amides is 3. The Labute approximate surface area is 330 Å². The Hall–Kier alpha value is -5.98. The van der Waals surface area contributed by atoms with Crippen LogP contribution in [0.15, 0.2) is 114 Å². The van der Waals surface area contributed by atoms with Crippen LogP contribution in [0.5, 0.6) is 5.75 Å². The van der Waals surface area contributed by atoms with Gasteiger partial charge in [0.05, 0.1) is 34.0 Å². The lowest BCUT2D eigenvalue weighted by Gasteiger charge is -2.29. The number of hydrogen-bond acceptors (Lipinski definition) is 7. The minimum Gasteiger partial charge on any atom is -0.497 e. The molecule has 56 heavy (non-hydrogen) atoms. The summed E-state index contributed by atoms with van der Waals surface area (Å²) in [7, 11) is -2.72. The van der Waals surface area contributed by atoms with Crippen LogP contribution in [0.2, 0.25) is 5.02 Å². The van der Waals surface area contributed by atoms with E-state index in [1.54, 1.807) is 66.3 Å². The van der Waals surface area contributed by atoms with Gasteiger partial charge in [0.15, 0.2) is 5.69 Å². The smallest absolute Gasteiger partial charge is 0.280 e. The van der Waals surface area contributed by atoms with Crippen molar-refractivity contribution in [3.05, 3.63) is 148 Å². The van der Waals surface area contributed by atoms with Gasteiger partial charge in [-0.2, -0.15) is 5.10 Å². The second-order valence-electron chi connectivity index (χ2n) is 13.6. The summed E-state index contributed by atoms with van der Waals surface area (Å²) in [5.41, 5.74) is 3.47. The Balaban J connectivity index is 1.27. The summed E-state index contributed by atoms with van der Waals surface area (Å²) in [5, 5.41) is 6.35. The summed E-state index contributed by atoms with van der Waals surface area (Å²) >= 11 is 6.88. The van der Waals surface area contributed by atoms with Crippen molar-refractivity contribution >= 4 is 55.8 Å². The molecule has 0 atom stereocenters. The van der Waals surface area contributed by atoms with E-state index in [0.717, 1.165) is 29.4 Å². The second kappa shape index (κ2) is 16.0. The van der Waals surface area contributed by atoms with E-state index in [2.05, 4.69) is 4.72 Å². The number of unbranched alkanes of at least 4 members (excludes halogenated alkanes) is 1. The van der Waals surface area contributed by atoms with Crippen molar-refractivity contribution in [3.8, 4) is 11.4 Å². The number of hydrogen-bond donors (Lipinski definition) is 1. The van der Waals surface area contributed by atoms with Gasteiger partial charge < -0.3 is 14.5 Å². The molecule has 0 bridgehead atoms. The van der Waals surface area contributed by atoms with Crippen molar-refractivity contribution in [2.24, 2.45) is 0 Å². The van der Waals surface area contributed by atoms with Crippen LogP contribution < -0.4 is 14.4 Å². The molecule has 1 aromatic heterocycles. The minimum absolute atomic E-state index is 0.00955. The zero-order valence-electron chi connectivity index (χ0n) is 31.2. The molecule has 0 aliphatic carbocycles. The zero-order valence-corrected chi connectivity index (χ0v) is 32.7. The molecule has 0 unspecified atom stereocenters. The van der Waals surface area contributed by atoms with E-state index in [0.29, 0.717) is 48.6 Å². The van der Waals surface area contributed by atoms with Crippen molar-refractivity contribution in [2.75, 3.05) is 25.1 Å². The van der Waals surface area contributed by atoms with Gasteiger partial charge in [-0.3, -0.25) is 14.4 Å². The molecule has 2 heterocycles. The molecule has 13 heteroatoms. The van der Waals surface area contributed by atoms with Gasteiger partial charge in [-0.15, -0.1) is 0 Å². The predicted molar refractivity (Wildman–Crippen MR) is 216 cm³/mol. The third kappa shape index (κ3) is 7.62. The summed E-state index contributed by atoms with van der Waals surface area (Å²) in [6.07, 6.45) is 2.20. The lowest BCUT2D eigenvalue weighted by atomic mass is 9.98. The molecule has 1 aliphatic heterocycles. The molecular weight excluding hydrogens is 750 g/mol. The van der Waals surface area contributed by atoms with Crippen molar-refractivity contribution < 1.29 is 27.5 Å². The highest BCUT2D eigenvalue weighted by Gasteiger charge is 2.30. The number of aromatic nitrogens is 2. The number of carbonyl (C=O) groups is 3. The van der Waals surface area contributed by atoms with Gasteiger partial charge in [0.2, 0.25) is 0 Å². The van der Waals surface area contributed by atoms with Crippen LogP contribution in [0.3, 0.4) is 0 Å². The molecule has 7 rings (SSSR count). The molecule has 286 valence electrons. The molecular formula is C43H40ClN5O6S. The van der Waals surface area contributed by atoms with Crippen molar-refractivity contribution in [3.63, 3.8) is 0 Å². The van der Waals surface area contributed by atoms with E-state index in [9.17, 15) is 22.8 Å². The summed E-state index contributed by atoms with van der Waals surface area (Å²) < 4.78 is 35.8. The number of methoxy groups -OCH3 is 1. The number of ether oxygens (including phenoxy) is 1. The largest absolute Gasteiger partial charge is 0.497 e. The monoisotopic (exact) mass is 789 g/mol. The number of rotatable bonds is 11. The standard InChI is InChI=1S/C43H40ClN5O6S/c1-4-5-23-48(34-16-18-35(55-3)19-17-34)43(52)40-39(44)28(2)49(45-40)38-21-15-32(26-37(38)42(51)47-24-22-30-11-7-9-13-33(30)27-47)41(50)46-56(53,54)36-20-14-29-10-6-8-12-31(29)25-36/h6-21,25-26H,4-5,22-24,27H2,1-3H3,(H,46,50). The molecule has 11 nitrogen and oxygen atoms in total. The van der Waals surface area contributed by atoms with Gasteiger partial charge in [-0.05, 0) is 96.3 Å². The molecule has 6 aromatic rings. The Morgan fingerprint density at radius 2 is 1.61 bits per heavy atom. The summed E-state index contributed by atoms with van der Waals surface area (Å²) in [6, 6.07) is 31.2. The average molecular weight is 790 g/mol. The highest BCUT2D eigenvalue weighted by Crippen LogP contribution is 2.31. The van der Waals surface area contributed by atoms with Crippen LogP contribution >= 0.6 is 11.6 Å². The fraction of sp³-hybridized carbons (Fsp3) is 0.209. The third-order valence-electron chi connectivity index (χ3n) is 10.0. The van der Waals surface area contributed by atoms with E-state index in [4.69, 9.17) is 21.4 Å². The fourth-order valence-corrected chi connectivity index (χ4v) is 8.06. The van der Waals surface area contributed by atoms with Crippen LogP contribution in [-0.4, -0.2) is 61.0 Å². The van der Waals surface area contributed by atoms with Gasteiger partial charge in [0.1, 0.15) is 5.75 Å². The fourth-order valence-electron chi connectivity index (χ4n) is 6.86. The van der Waals surface area contributed by atoms with Gasteiger partial charge >= 0.3 is 0 Å². The van der Waals surface area contributed by atoms with Gasteiger partial charge in [0, 0.05) is 30.9 Å². The first-order valence-electron chi connectivity index (χ1n) is 18.3. The van der Waals surface area contributed by atoms with Crippen LogP contribution in [0.25, 0.3) is 16.5 Å². The third-order valence-corrected chi connectivity index (χ3v) is 11.8. The highest BCUT2D eigenvalue weighted by molar-refractivity contribution is 7.90. The Kier molecular flexibility index (Phi) is 11.0. The Bertz CT molecular complexity index is 2590. The molecule has 0 spiro atoms. The van der Waals surface area contributed by atoms with Crippen molar-refractivity contribution in [1.29, 1.82) is 0 Å². The SMILES string of the molecule is CCCCN(C(=O)c1nn(-c2ccc(C(=O)NS(=O)(=O)c3ccc4ccccc4c3)cc2C(=O)N2CCc3ccccc3C2)c(C)c1Cl)c1ccc(OC)cc1. The normalized spacial score (nSPS) is 12.6. The molecule has 5 aromatic carbocycles. The molecule has 1 aliphatic rings. The van der Waals surface area contributed by atoms with Crippen molar-refractivity contribution in [1.82, 2.24) is 19.4 Å². The number of anilines is 1. The predicted octanol–water partition coefficient (Wildman–Crippen LogP) is 7.76. The number of nitrogens with zero attached hydrogens (tertiary/aromatic N) is 4. The Morgan fingerprint density at radius 1 is 0.893 bits per heavy atom. The van der Waals surface area contributed by atoms with E-state index < -0.39 is 27.7 Å². The first-order chi connectivity index (χ1) is 27.0. The first-order valence-corrected chi connectivity index (χ1v) is 20.1. The lowest BCUT2D eigenvalue weighted by molar-refractivity contribution is 0.0734. The summed E-state index contributed by atoms with van der Waals surface area (Å²) in [4.78, 5) is 45.7. The number of sulfonamides is 1. The quantitative estimate of drug-likeness (QED) is 0.142. The van der Waals surface area contributed by atoms with E-state index in [1.807, 2.05) is 43.3 Å². The molecule has 1 N–H and O–H groups in total. The molecule has 0 radical (unpaired) electrons. The van der Waals surface area contributed by atoms with Crippen molar-refractivity contribution in [2.45, 2.75) is 44.6 Å². The topological polar surface area (TPSA) is 131 Å². The summed E-state index contributed by atoms with van der Waals surface area (Å²) in [5.74, 6) is -1.10. The average Bonchev–Trinajstić information content (AvgIpc) is 3.52. The van der Waals surface area contributed by atoms with E-state index in [1.165, 1.54) is 35.0 Å². The van der Waals surface area contributed by atoms with Gasteiger partial charge in [-0.1, -0.05) is 79.5 Å². The number of benzene rings is 5. The number of carbonyl (C=O) groups excluding carboxylic acids is 3. The molecule has 0 fully saturated rings. The number of halogens is 1. The highest BCUT2D eigenvalue weighted by atomic mass is 35.5. The minimum atomic E-state index is -4.29. The number of nitrogens with one attached hydrogen (secondary N) is 1. The number of fused-ring (bicyclic) bond motifs is 2. The van der Waals surface area contributed by atoms with Crippen LogP contribution in [0.1, 0.15) is 67.8 Å². The Morgan fingerprint density at radius 3 is 2.34 bits per heavy atom. The second-order valence-corrected chi connectivity index (χ2v) is 15.6. The van der Waals surface area contributed by atoms with E-state index >= 15 is 0 Å². The van der Waals surface area contributed by atoms with Crippen LogP contribution in [0.4, 0.5) is 5.69 Å². The van der Waals surface area contributed by atoms with Gasteiger partial charge in [0.25, 0.3) is 27.7 Å². The molecule has 0 saturated heterocycles. The lowest BCUT2D eigenvalue weighted by Crippen LogP contribution is -2.37. The van der Waals surface area contributed by atoms with Gasteiger partial charge in [-0.25, -0.2) is 17.8 Å². The maximum atomic E-state index is 14.5. The van der Waals surface area contributed by atoms with E-state index in [-0.39, 0.29) is 32.4 Å².